The Morgan fingerprint density at radius 3 is 2.82 bits per heavy atom. The van der Waals surface area contributed by atoms with Gasteiger partial charge in [-0.15, -0.1) is 0 Å². The number of hydrogen-bond acceptors (Lipinski definition) is 6. The first-order chi connectivity index (χ1) is 10.6. The number of nitrogens with two attached hydrogens (primary N) is 1. The minimum Gasteiger partial charge on any atom is -0.478 e. The average molecular weight is 299 g/mol. The second-order valence-electron chi connectivity index (χ2n) is 4.58. The number of carbonyl (C=O) groups is 1. The molecular formula is C14H13N5O3. The van der Waals surface area contributed by atoms with Gasteiger partial charge >= 0.3 is 5.97 Å². The number of aromatic carboxylic acids is 1. The van der Waals surface area contributed by atoms with E-state index in [0.29, 0.717) is 23.2 Å². The van der Waals surface area contributed by atoms with Crippen LogP contribution in [-0.4, -0.2) is 30.8 Å². The molecule has 0 radical (unpaired) electrons. The van der Waals surface area contributed by atoms with Crippen LogP contribution in [0.5, 0.6) is 11.6 Å². The fourth-order valence-electron chi connectivity index (χ4n) is 2.00. The molecule has 22 heavy (non-hydrogen) atoms. The number of hydrogen-bond donors (Lipinski definition) is 2. The average Bonchev–Trinajstić information content (AvgIpc) is 2.93. The second kappa shape index (κ2) is 5.32. The fourth-order valence-corrected chi connectivity index (χ4v) is 2.00. The molecule has 8 heteroatoms. The molecule has 0 aliphatic heterocycles. The number of aromatic nitrogens is 4. The summed E-state index contributed by atoms with van der Waals surface area (Å²) in [6, 6.07) is 2.94. The predicted molar refractivity (Wildman–Crippen MR) is 78.9 cm³/mol. The van der Waals surface area contributed by atoms with E-state index in [9.17, 15) is 9.90 Å². The van der Waals surface area contributed by atoms with Crippen LogP contribution in [0.25, 0.3) is 10.9 Å². The van der Waals surface area contributed by atoms with Gasteiger partial charge in [0.15, 0.2) is 0 Å². The molecule has 0 saturated carbocycles. The van der Waals surface area contributed by atoms with Crippen LogP contribution in [0.1, 0.15) is 17.3 Å². The van der Waals surface area contributed by atoms with Crippen LogP contribution in [0.15, 0.2) is 30.7 Å². The summed E-state index contributed by atoms with van der Waals surface area (Å²) in [6.07, 6.45) is 4.53. The van der Waals surface area contributed by atoms with Gasteiger partial charge in [-0.25, -0.2) is 14.8 Å². The molecule has 3 rings (SSSR count). The Morgan fingerprint density at radius 2 is 2.18 bits per heavy atom. The predicted octanol–water partition coefficient (Wildman–Crippen LogP) is 1.92. The Morgan fingerprint density at radius 1 is 1.36 bits per heavy atom. The monoisotopic (exact) mass is 299 g/mol. The molecular weight excluding hydrogens is 286 g/mol. The molecule has 2 heterocycles. The third-order valence-corrected chi connectivity index (χ3v) is 3.07. The van der Waals surface area contributed by atoms with Gasteiger partial charge in [-0.3, -0.25) is 4.68 Å². The van der Waals surface area contributed by atoms with Crippen LogP contribution in [-0.2, 0) is 6.54 Å². The molecule has 0 bridgehead atoms. The van der Waals surface area contributed by atoms with E-state index in [1.807, 2.05) is 6.92 Å². The van der Waals surface area contributed by atoms with Crippen molar-refractivity contribution in [3.63, 3.8) is 0 Å². The zero-order chi connectivity index (χ0) is 15.7. The normalized spacial score (nSPS) is 10.8. The zero-order valence-electron chi connectivity index (χ0n) is 11.7. The number of benzene rings is 1. The Hall–Kier alpha value is -3.16. The number of aryl methyl sites for hydroxylation is 1. The molecule has 0 atom stereocenters. The highest BCUT2D eigenvalue weighted by molar-refractivity contribution is 5.96. The number of ether oxygens (including phenoxy) is 1. The van der Waals surface area contributed by atoms with Gasteiger partial charge in [0.25, 0.3) is 0 Å². The highest BCUT2D eigenvalue weighted by Crippen LogP contribution is 2.30. The van der Waals surface area contributed by atoms with Gasteiger partial charge in [0.1, 0.15) is 11.6 Å². The van der Waals surface area contributed by atoms with Crippen LogP contribution < -0.4 is 10.5 Å². The van der Waals surface area contributed by atoms with Crippen molar-refractivity contribution in [2.45, 2.75) is 13.5 Å². The maximum absolute atomic E-state index is 11.2. The van der Waals surface area contributed by atoms with E-state index in [1.165, 1.54) is 24.5 Å². The first-order valence-corrected chi connectivity index (χ1v) is 6.56. The molecule has 0 unspecified atom stereocenters. The van der Waals surface area contributed by atoms with Crippen molar-refractivity contribution in [1.82, 2.24) is 19.7 Å². The highest BCUT2D eigenvalue weighted by Gasteiger charge is 2.14. The Kier molecular flexibility index (Phi) is 3.34. The topological polar surface area (TPSA) is 116 Å². The zero-order valence-corrected chi connectivity index (χ0v) is 11.7. The third kappa shape index (κ3) is 2.53. The molecule has 3 N–H and O–H groups in total. The molecule has 0 amide bonds. The second-order valence-corrected chi connectivity index (χ2v) is 4.58. The maximum Gasteiger partial charge on any atom is 0.335 e. The SMILES string of the molecule is CCn1cc2c(Oc3cnc(N)cn3)cc(C(=O)O)cc2n1. The lowest BCUT2D eigenvalue weighted by Crippen LogP contribution is -1.98. The van der Waals surface area contributed by atoms with Gasteiger partial charge in [0, 0.05) is 12.7 Å². The molecule has 0 spiro atoms. The first kappa shape index (κ1) is 13.8. The fraction of sp³-hybridized carbons (Fsp3) is 0.143. The summed E-state index contributed by atoms with van der Waals surface area (Å²) < 4.78 is 7.36. The van der Waals surface area contributed by atoms with Crippen molar-refractivity contribution in [2.24, 2.45) is 0 Å². The smallest absolute Gasteiger partial charge is 0.335 e. The lowest BCUT2D eigenvalue weighted by molar-refractivity contribution is 0.0696. The van der Waals surface area contributed by atoms with Crippen molar-refractivity contribution in [2.75, 3.05) is 5.73 Å². The largest absolute Gasteiger partial charge is 0.478 e. The number of nitrogens with zero attached hydrogens (tertiary/aromatic N) is 4. The Labute approximate surface area is 125 Å². The van der Waals surface area contributed by atoms with E-state index < -0.39 is 5.97 Å². The van der Waals surface area contributed by atoms with Crippen LogP contribution in [0.3, 0.4) is 0 Å². The summed E-state index contributed by atoms with van der Waals surface area (Å²) in [7, 11) is 0. The van der Waals surface area contributed by atoms with E-state index in [-0.39, 0.29) is 17.3 Å². The van der Waals surface area contributed by atoms with Crippen molar-refractivity contribution >= 4 is 22.7 Å². The van der Waals surface area contributed by atoms with Gasteiger partial charge in [-0.1, -0.05) is 0 Å². The number of nitrogen functional groups attached to an aromatic ring is 1. The molecule has 0 fully saturated rings. The van der Waals surface area contributed by atoms with Gasteiger partial charge < -0.3 is 15.6 Å². The molecule has 0 aliphatic rings. The van der Waals surface area contributed by atoms with Crippen molar-refractivity contribution < 1.29 is 14.6 Å². The molecule has 8 nitrogen and oxygen atoms in total. The molecule has 1 aromatic carbocycles. The van der Waals surface area contributed by atoms with Crippen LogP contribution in [0, 0.1) is 0 Å². The lowest BCUT2D eigenvalue weighted by Gasteiger charge is -2.06. The van der Waals surface area contributed by atoms with E-state index in [2.05, 4.69) is 15.1 Å². The summed E-state index contributed by atoms with van der Waals surface area (Å²) in [5.74, 6) is -0.201. The lowest BCUT2D eigenvalue weighted by atomic mass is 10.1. The number of carboxylic acids is 1. The van der Waals surface area contributed by atoms with Crippen LogP contribution in [0.4, 0.5) is 5.82 Å². The summed E-state index contributed by atoms with van der Waals surface area (Å²) in [4.78, 5) is 19.1. The molecule has 0 aliphatic carbocycles. The maximum atomic E-state index is 11.2. The van der Waals surface area contributed by atoms with Crippen LogP contribution >= 0.6 is 0 Å². The van der Waals surface area contributed by atoms with Crippen molar-refractivity contribution in [1.29, 1.82) is 0 Å². The molecule has 2 aromatic heterocycles. The summed E-state index contributed by atoms with van der Waals surface area (Å²) in [5, 5.41) is 14.2. The van der Waals surface area contributed by atoms with Crippen molar-refractivity contribution in [3.05, 3.63) is 36.3 Å². The van der Waals surface area contributed by atoms with E-state index in [1.54, 1.807) is 10.9 Å². The van der Waals surface area contributed by atoms with E-state index in [0.717, 1.165) is 0 Å². The van der Waals surface area contributed by atoms with Crippen LogP contribution in [0.2, 0.25) is 0 Å². The highest BCUT2D eigenvalue weighted by atomic mass is 16.5. The molecule has 3 aromatic rings. The van der Waals surface area contributed by atoms with E-state index in [4.69, 9.17) is 10.5 Å². The molecule has 112 valence electrons. The molecule has 0 saturated heterocycles. The van der Waals surface area contributed by atoms with E-state index >= 15 is 0 Å². The quantitative estimate of drug-likeness (QED) is 0.755. The van der Waals surface area contributed by atoms with Gasteiger partial charge in [-0.05, 0) is 19.1 Å². The Balaban J connectivity index is 2.10. The Bertz CT molecular complexity index is 842. The number of carboxylic acid groups (broad SMARTS) is 1. The standard InChI is InChI=1S/C14H13N5O3/c1-2-19-7-9-10(18-19)3-8(14(20)21)4-11(9)22-13-6-16-12(15)5-17-13/h3-7H,2H2,1H3,(H2,15,16)(H,20,21). The minimum absolute atomic E-state index is 0.0901. The van der Waals surface area contributed by atoms with Crippen molar-refractivity contribution in [3.8, 4) is 11.6 Å². The summed E-state index contributed by atoms with van der Waals surface area (Å²) in [5.41, 5.74) is 6.11. The minimum atomic E-state index is -1.05. The summed E-state index contributed by atoms with van der Waals surface area (Å²) in [6.45, 7) is 2.61. The first-order valence-electron chi connectivity index (χ1n) is 6.56. The number of rotatable bonds is 4. The van der Waals surface area contributed by atoms with Gasteiger partial charge in [0.2, 0.25) is 5.88 Å². The third-order valence-electron chi connectivity index (χ3n) is 3.07. The number of anilines is 1. The summed E-state index contributed by atoms with van der Waals surface area (Å²) >= 11 is 0. The van der Waals surface area contributed by atoms with Gasteiger partial charge in [-0.2, -0.15) is 5.10 Å². The number of fused-ring (bicyclic) bond motifs is 1. The van der Waals surface area contributed by atoms with Gasteiger partial charge in [0.05, 0.1) is 28.9 Å².